The third-order valence-electron chi connectivity index (χ3n) is 10.7. The van der Waals surface area contributed by atoms with E-state index in [0.29, 0.717) is 13.2 Å². The molecule has 5 nitrogen and oxygen atoms in total. The van der Waals surface area contributed by atoms with Crippen LogP contribution in [0.1, 0.15) is 219 Å². The Morgan fingerprint density at radius 2 is 0.607 bits per heavy atom. The van der Waals surface area contributed by atoms with Crippen molar-refractivity contribution in [3.63, 3.8) is 0 Å². The Morgan fingerprint density at radius 1 is 0.375 bits per heavy atom. The van der Waals surface area contributed by atoms with Crippen LogP contribution in [-0.2, 0) is 12.6 Å². The Bertz CT molecular complexity index is 1170. The first-order valence-corrected chi connectivity index (χ1v) is 28.3. The molecule has 0 saturated carbocycles. The maximum atomic E-state index is 12.3. The summed E-state index contributed by atoms with van der Waals surface area (Å²) in [6, 6.07) is 15.7. The molecule has 0 aromatic heterocycles. The van der Waals surface area contributed by atoms with Crippen LogP contribution in [0.4, 0.5) is 0 Å². The molecule has 0 atom stereocenters. The van der Waals surface area contributed by atoms with E-state index in [-0.39, 0.29) is 0 Å². The first-order chi connectivity index (χ1) is 27.4. The zero-order chi connectivity index (χ0) is 40.2. The van der Waals surface area contributed by atoms with Gasteiger partial charge in [0.05, 0.1) is 0 Å². The Morgan fingerprint density at radius 3 is 0.839 bits per heavy atom. The van der Waals surface area contributed by atoms with Crippen LogP contribution in [0.15, 0.2) is 48.5 Å². The van der Waals surface area contributed by atoms with E-state index in [1.807, 2.05) is 48.5 Å². The van der Waals surface area contributed by atoms with Crippen LogP contribution in [0.25, 0.3) is 0 Å². The van der Waals surface area contributed by atoms with Crippen LogP contribution in [0.5, 0.6) is 11.5 Å². The summed E-state index contributed by atoms with van der Waals surface area (Å²) in [7, 11) is -3.61. The summed E-state index contributed by atoms with van der Waals surface area (Å²) in [5.41, 5.74) is 0. The van der Waals surface area contributed by atoms with Gasteiger partial charge in [0.2, 0.25) is 0 Å². The molecule has 2 rings (SSSR count). The number of ether oxygens (including phenoxy) is 2. The average molecular weight is 913 g/mol. The number of benzene rings is 2. The number of halogens is 1. The fourth-order valence-electron chi connectivity index (χ4n) is 7.28. The number of rotatable bonds is 40. The van der Waals surface area contributed by atoms with E-state index in [9.17, 15) is 8.42 Å². The van der Waals surface area contributed by atoms with E-state index in [4.69, 9.17) is 12.0 Å². The first kappa shape index (κ1) is 50.8. The molecule has 324 valence electrons. The minimum atomic E-state index is -3.61. The molecule has 0 radical (unpaired) electrons. The summed E-state index contributed by atoms with van der Waals surface area (Å²) in [6.45, 7) is 5.99. The van der Waals surface area contributed by atoms with Gasteiger partial charge < -0.3 is 0 Å². The second-order valence-electron chi connectivity index (χ2n) is 16.2. The van der Waals surface area contributed by atoms with Crippen molar-refractivity contribution in [2.24, 2.45) is 0 Å². The normalized spacial score (nSPS) is 11.9. The Kier molecular flexibility index (Phi) is 32.3. The molecule has 0 aliphatic heterocycles. The molecule has 0 heterocycles. The van der Waals surface area contributed by atoms with Crippen LogP contribution in [0.2, 0.25) is 0 Å². The fraction of sp³-hybridized carbons (Fsp3) is 0.755. The molecule has 0 fully saturated rings. The Labute approximate surface area is 354 Å². The van der Waals surface area contributed by atoms with Gasteiger partial charge in [-0.05, 0) is 0 Å². The molecule has 2 aromatic rings. The van der Waals surface area contributed by atoms with Gasteiger partial charge in [0.1, 0.15) is 0 Å². The second kappa shape index (κ2) is 35.6. The molecule has 2 aromatic carbocycles. The quantitative estimate of drug-likeness (QED) is 0.0492. The Balaban J connectivity index is 1.55. The molecule has 56 heavy (non-hydrogen) atoms. The second-order valence-corrected chi connectivity index (χ2v) is 22.8. The van der Waals surface area contributed by atoms with Gasteiger partial charge in [0.25, 0.3) is 0 Å². The predicted octanol–water partition coefficient (Wildman–Crippen LogP) is 16.4. The van der Waals surface area contributed by atoms with Crippen molar-refractivity contribution in [2.45, 2.75) is 219 Å². The SMILES string of the molecule is CCCCCCCCCCCCCCCCCCOc1ccc(I(OS(C)(=O)=O)c2ccc(OCCCCCCCCCCCCCCCCCC)cc2)cc1. The number of unbranched alkanes of at least 4 members (excludes halogenated alkanes) is 30. The molecule has 0 unspecified atom stereocenters. The van der Waals surface area contributed by atoms with E-state index < -0.39 is 30.4 Å². The zero-order valence-corrected chi connectivity index (χ0v) is 39.5. The van der Waals surface area contributed by atoms with Gasteiger partial charge in [-0.1, -0.05) is 142 Å². The van der Waals surface area contributed by atoms with Crippen LogP contribution in [0, 0.1) is 7.14 Å². The van der Waals surface area contributed by atoms with Gasteiger partial charge >= 0.3 is 214 Å². The van der Waals surface area contributed by atoms with Crippen molar-refractivity contribution in [1.29, 1.82) is 0 Å². The first-order valence-electron chi connectivity index (χ1n) is 23.5. The third kappa shape index (κ3) is 29.0. The van der Waals surface area contributed by atoms with Crippen molar-refractivity contribution in [3.8, 4) is 11.5 Å². The van der Waals surface area contributed by atoms with Gasteiger partial charge in [-0.25, -0.2) is 0 Å². The Hall–Kier alpha value is -1.32. The molecule has 0 N–H and O–H groups in total. The van der Waals surface area contributed by atoms with Crippen molar-refractivity contribution < 1.29 is 20.4 Å². The zero-order valence-electron chi connectivity index (χ0n) is 36.5. The van der Waals surface area contributed by atoms with Gasteiger partial charge in [-0.2, -0.15) is 0 Å². The van der Waals surface area contributed by atoms with Crippen molar-refractivity contribution in [3.05, 3.63) is 55.7 Å². The molecule has 0 aliphatic carbocycles. The van der Waals surface area contributed by atoms with Gasteiger partial charge in [0.15, 0.2) is 0 Å². The average Bonchev–Trinajstić information content (AvgIpc) is 3.19. The van der Waals surface area contributed by atoms with Crippen molar-refractivity contribution >= 4 is 30.4 Å². The number of hydrogen-bond acceptors (Lipinski definition) is 5. The van der Waals surface area contributed by atoms with Crippen molar-refractivity contribution in [2.75, 3.05) is 19.5 Å². The van der Waals surface area contributed by atoms with Crippen LogP contribution in [-0.4, -0.2) is 27.9 Å². The molecular formula is C49H85IO5S. The maximum absolute atomic E-state index is 12.3. The molecule has 7 heteroatoms. The van der Waals surface area contributed by atoms with E-state index >= 15 is 0 Å². The van der Waals surface area contributed by atoms with E-state index in [0.717, 1.165) is 37.7 Å². The van der Waals surface area contributed by atoms with Crippen LogP contribution >= 0.6 is 20.2 Å². The summed E-state index contributed by atoms with van der Waals surface area (Å²) in [6.07, 6.45) is 44.6. The van der Waals surface area contributed by atoms with Gasteiger partial charge in [0, 0.05) is 0 Å². The summed E-state index contributed by atoms with van der Waals surface area (Å²) < 4.78 is 44.2. The summed E-state index contributed by atoms with van der Waals surface area (Å²) in [5, 5.41) is 0. The molecular weight excluding hydrogens is 828 g/mol. The number of hydrogen-bond donors (Lipinski definition) is 0. The summed E-state index contributed by atoms with van der Waals surface area (Å²) >= 11 is -2.67. The standard InChI is InChI=1S/C49H85IO5S/c1-4-6-8-10-12-14-16-18-20-22-24-26-28-30-32-34-44-53-48-40-36-46(37-41-48)50(55-56(3,51)52)47-38-42-49(43-39-47)54-45-35-33-31-29-27-25-23-21-19-17-15-13-11-9-7-5-2/h36-43H,4-35,44-45H2,1-3H3. The van der Waals surface area contributed by atoms with Crippen LogP contribution < -0.4 is 9.47 Å². The minimum absolute atomic E-state index is 0.709. The summed E-state index contributed by atoms with van der Waals surface area (Å²) in [4.78, 5) is 0. The molecule has 0 saturated heterocycles. The monoisotopic (exact) mass is 913 g/mol. The van der Waals surface area contributed by atoms with E-state index in [1.54, 1.807) is 0 Å². The summed E-state index contributed by atoms with van der Waals surface area (Å²) in [5.74, 6) is 1.64. The topological polar surface area (TPSA) is 61.8 Å². The molecule has 0 amide bonds. The third-order valence-corrected chi connectivity index (χ3v) is 17.8. The van der Waals surface area contributed by atoms with Gasteiger partial charge in [-0.3, -0.25) is 0 Å². The van der Waals surface area contributed by atoms with Crippen molar-refractivity contribution in [1.82, 2.24) is 0 Å². The predicted molar refractivity (Wildman–Crippen MR) is 250 cm³/mol. The molecule has 0 aliphatic rings. The van der Waals surface area contributed by atoms with Gasteiger partial charge in [-0.15, -0.1) is 0 Å². The molecule has 0 spiro atoms. The van der Waals surface area contributed by atoms with E-state index in [1.165, 1.54) is 193 Å². The van der Waals surface area contributed by atoms with E-state index in [2.05, 4.69) is 13.8 Å². The molecule has 0 bridgehead atoms. The van der Waals surface area contributed by atoms with Crippen LogP contribution in [0.3, 0.4) is 0 Å². The fourth-order valence-corrected chi connectivity index (χ4v) is 13.6.